The minimum Gasteiger partial charge on any atom is -0.471 e. The molecule has 4 rings (SSSR count). The second-order valence-electron chi connectivity index (χ2n) is 7.84. The van der Waals surface area contributed by atoms with Crippen LogP contribution in [0.2, 0.25) is 0 Å². The zero-order valence-electron chi connectivity index (χ0n) is 17.6. The molecule has 1 aliphatic rings. The van der Waals surface area contributed by atoms with Gasteiger partial charge in [0.25, 0.3) is 5.91 Å². The van der Waals surface area contributed by atoms with Crippen molar-refractivity contribution >= 4 is 5.91 Å². The fraction of sp³-hybridized carbons (Fsp3) is 0.333. The highest BCUT2D eigenvalue weighted by atomic mass is 16.5. The third-order valence-corrected chi connectivity index (χ3v) is 5.45. The van der Waals surface area contributed by atoms with E-state index in [1.54, 1.807) is 16.9 Å². The van der Waals surface area contributed by atoms with Gasteiger partial charge in [-0.25, -0.2) is 4.68 Å². The Balaban J connectivity index is 1.29. The van der Waals surface area contributed by atoms with E-state index >= 15 is 0 Å². The third kappa shape index (κ3) is 4.89. The zero-order chi connectivity index (χ0) is 20.9. The number of nitrogens with zero attached hydrogens (tertiary/aromatic N) is 4. The van der Waals surface area contributed by atoms with Gasteiger partial charge >= 0.3 is 0 Å². The molecule has 0 N–H and O–H groups in total. The Hall–Kier alpha value is -3.12. The number of carbonyl (C=O) groups is 1. The molecule has 1 aliphatic heterocycles. The average molecular weight is 405 g/mol. The Bertz CT molecular complexity index is 1010. The number of benzene rings is 2. The minimum atomic E-state index is -0.0140. The van der Waals surface area contributed by atoms with E-state index in [-0.39, 0.29) is 12.6 Å². The van der Waals surface area contributed by atoms with Crippen LogP contribution in [-0.2, 0) is 13.3 Å². The number of amides is 1. The van der Waals surface area contributed by atoms with Gasteiger partial charge < -0.3 is 9.64 Å². The lowest BCUT2D eigenvalue weighted by atomic mass is 10.1. The summed E-state index contributed by atoms with van der Waals surface area (Å²) in [5.41, 5.74) is 4.14. The number of aromatic nitrogens is 2. The number of aryl methyl sites for hydroxylation is 2. The molecule has 1 saturated heterocycles. The van der Waals surface area contributed by atoms with Gasteiger partial charge in [-0.3, -0.25) is 9.69 Å². The van der Waals surface area contributed by atoms with Crippen molar-refractivity contribution in [3.63, 3.8) is 0 Å². The molecule has 1 fully saturated rings. The number of piperazine rings is 1. The molecule has 0 aliphatic carbocycles. The maximum atomic E-state index is 12.8. The molecular formula is C24H28N4O2. The molecule has 156 valence electrons. The van der Waals surface area contributed by atoms with Gasteiger partial charge in [0.05, 0.1) is 0 Å². The first-order chi connectivity index (χ1) is 14.6. The summed E-state index contributed by atoms with van der Waals surface area (Å²) in [6.45, 7) is 8.51. The molecule has 0 bridgehead atoms. The van der Waals surface area contributed by atoms with Gasteiger partial charge in [-0.05, 0) is 37.1 Å². The molecule has 0 spiro atoms. The monoisotopic (exact) mass is 404 g/mol. The number of para-hydroxylation sites is 1. The van der Waals surface area contributed by atoms with Crippen molar-refractivity contribution < 1.29 is 9.53 Å². The first-order valence-electron chi connectivity index (χ1n) is 10.4. The summed E-state index contributed by atoms with van der Waals surface area (Å²) in [5, 5.41) is 4.41. The van der Waals surface area contributed by atoms with Crippen LogP contribution in [0.25, 0.3) is 0 Å². The SMILES string of the molecule is Cc1cccc(CN2CCN(C(=O)c3ccn(COc4ccccc4C)n3)CC2)c1. The van der Waals surface area contributed by atoms with Crippen LogP contribution in [0.5, 0.6) is 5.75 Å². The van der Waals surface area contributed by atoms with Crippen LogP contribution >= 0.6 is 0 Å². The number of hydrogen-bond acceptors (Lipinski definition) is 4. The van der Waals surface area contributed by atoms with Gasteiger partial charge in [-0.1, -0.05) is 48.0 Å². The lowest BCUT2D eigenvalue weighted by Crippen LogP contribution is -2.48. The highest BCUT2D eigenvalue weighted by molar-refractivity contribution is 5.92. The van der Waals surface area contributed by atoms with Crippen molar-refractivity contribution in [2.45, 2.75) is 27.1 Å². The molecule has 1 aromatic heterocycles. The fourth-order valence-electron chi connectivity index (χ4n) is 3.74. The van der Waals surface area contributed by atoms with Crippen LogP contribution in [0.1, 0.15) is 27.2 Å². The Morgan fingerprint density at radius 3 is 2.57 bits per heavy atom. The summed E-state index contributed by atoms with van der Waals surface area (Å²) >= 11 is 0. The highest BCUT2D eigenvalue weighted by Crippen LogP contribution is 2.17. The van der Waals surface area contributed by atoms with Crippen LogP contribution in [0.15, 0.2) is 60.8 Å². The first kappa shape index (κ1) is 20.2. The summed E-state index contributed by atoms with van der Waals surface area (Å²) in [6.07, 6.45) is 1.79. The zero-order valence-corrected chi connectivity index (χ0v) is 17.6. The summed E-state index contributed by atoms with van der Waals surface area (Å²) in [6, 6.07) is 18.2. The standard InChI is InChI=1S/C24H28N4O2/c1-19-6-5-8-21(16-19)17-26-12-14-27(15-13-26)24(29)22-10-11-28(25-22)18-30-23-9-4-3-7-20(23)2/h3-11,16H,12-15,17-18H2,1-2H3. The molecule has 0 atom stereocenters. The highest BCUT2D eigenvalue weighted by Gasteiger charge is 2.23. The molecule has 6 heteroatoms. The van der Waals surface area contributed by atoms with E-state index in [9.17, 15) is 4.79 Å². The molecule has 3 aromatic rings. The van der Waals surface area contributed by atoms with Crippen LogP contribution in [0.4, 0.5) is 0 Å². The summed E-state index contributed by atoms with van der Waals surface area (Å²) in [7, 11) is 0. The molecule has 0 saturated carbocycles. The topological polar surface area (TPSA) is 50.6 Å². The van der Waals surface area contributed by atoms with Gasteiger partial charge in [-0.15, -0.1) is 0 Å². The van der Waals surface area contributed by atoms with Crippen molar-refractivity contribution in [3.8, 4) is 5.75 Å². The van der Waals surface area contributed by atoms with E-state index in [4.69, 9.17) is 4.74 Å². The largest absolute Gasteiger partial charge is 0.471 e. The molecular weight excluding hydrogens is 376 g/mol. The van der Waals surface area contributed by atoms with Gasteiger partial charge in [0.15, 0.2) is 12.4 Å². The normalized spacial score (nSPS) is 14.7. The predicted octanol–water partition coefficient (Wildman–Crippen LogP) is 3.49. The Labute approximate surface area is 177 Å². The Morgan fingerprint density at radius 1 is 1.00 bits per heavy atom. The van der Waals surface area contributed by atoms with Gasteiger partial charge in [0.1, 0.15) is 5.75 Å². The van der Waals surface area contributed by atoms with Crippen LogP contribution in [-0.4, -0.2) is 51.7 Å². The molecule has 0 unspecified atom stereocenters. The van der Waals surface area contributed by atoms with E-state index in [1.165, 1.54) is 11.1 Å². The second-order valence-corrected chi connectivity index (χ2v) is 7.84. The number of rotatable bonds is 6. The molecule has 6 nitrogen and oxygen atoms in total. The smallest absolute Gasteiger partial charge is 0.274 e. The molecule has 2 heterocycles. The van der Waals surface area contributed by atoms with Gasteiger partial charge in [0, 0.05) is 38.9 Å². The fourth-order valence-corrected chi connectivity index (χ4v) is 3.74. The number of carbonyl (C=O) groups excluding carboxylic acids is 1. The van der Waals surface area contributed by atoms with Crippen LogP contribution in [0, 0.1) is 13.8 Å². The van der Waals surface area contributed by atoms with E-state index in [0.29, 0.717) is 5.69 Å². The Morgan fingerprint density at radius 2 is 1.80 bits per heavy atom. The van der Waals surface area contributed by atoms with Crippen molar-refractivity contribution in [3.05, 3.63) is 83.2 Å². The lowest BCUT2D eigenvalue weighted by Gasteiger charge is -2.34. The molecule has 0 radical (unpaired) electrons. The third-order valence-electron chi connectivity index (χ3n) is 5.45. The van der Waals surface area contributed by atoms with Crippen LogP contribution < -0.4 is 4.74 Å². The van der Waals surface area contributed by atoms with E-state index in [1.807, 2.05) is 36.1 Å². The maximum absolute atomic E-state index is 12.8. The molecule has 1 amide bonds. The van der Waals surface area contributed by atoms with E-state index < -0.39 is 0 Å². The van der Waals surface area contributed by atoms with E-state index in [2.05, 4.69) is 41.2 Å². The first-order valence-corrected chi connectivity index (χ1v) is 10.4. The summed E-state index contributed by atoms with van der Waals surface area (Å²) in [5.74, 6) is 0.811. The number of ether oxygens (including phenoxy) is 1. The quantitative estimate of drug-likeness (QED) is 0.631. The second kappa shape index (κ2) is 9.13. The summed E-state index contributed by atoms with van der Waals surface area (Å²) < 4.78 is 7.47. The average Bonchev–Trinajstić information content (AvgIpc) is 3.22. The molecule has 30 heavy (non-hydrogen) atoms. The maximum Gasteiger partial charge on any atom is 0.274 e. The van der Waals surface area contributed by atoms with Crippen molar-refractivity contribution in [2.75, 3.05) is 26.2 Å². The van der Waals surface area contributed by atoms with Crippen molar-refractivity contribution in [1.82, 2.24) is 19.6 Å². The Kier molecular flexibility index (Phi) is 6.14. The predicted molar refractivity (Wildman–Crippen MR) is 116 cm³/mol. The number of hydrogen-bond donors (Lipinski definition) is 0. The van der Waals surface area contributed by atoms with E-state index in [0.717, 1.165) is 44.0 Å². The van der Waals surface area contributed by atoms with Crippen LogP contribution in [0.3, 0.4) is 0 Å². The summed E-state index contributed by atoms with van der Waals surface area (Å²) in [4.78, 5) is 17.1. The van der Waals surface area contributed by atoms with Gasteiger partial charge in [0.2, 0.25) is 0 Å². The minimum absolute atomic E-state index is 0.0140. The van der Waals surface area contributed by atoms with Gasteiger partial charge in [-0.2, -0.15) is 5.10 Å². The molecule has 2 aromatic carbocycles. The lowest BCUT2D eigenvalue weighted by molar-refractivity contribution is 0.0621. The van der Waals surface area contributed by atoms with Crippen molar-refractivity contribution in [2.24, 2.45) is 0 Å². The van der Waals surface area contributed by atoms with Crippen molar-refractivity contribution in [1.29, 1.82) is 0 Å².